The van der Waals surface area contributed by atoms with E-state index in [0.29, 0.717) is 0 Å². The molecule has 0 heterocycles. The summed E-state index contributed by atoms with van der Waals surface area (Å²) in [5, 5.41) is 2.31. The van der Waals surface area contributed by atoms with E-state index in [0.717, 1.165) is 29.2 Å². The Hall–Kier alpha value is -0.540. The Balaban J connectivity index is 2.62. The van der Waals surface area contributed by atoms with Crippen LogP contribution in [0.15, 0.2) is 22.7 Å². The van der Waals surface area contributed by atoms with Crippen molar-refractivity contribution >= 4 is 15.9 Å². The van der Waals surface area contributed by atoms with Crippen molar-refractivity contribution in [3.8, 4) is 5.75 Å². The number of nitrogens with two attached hydrogens (primary N) is 1. The number of quaternary nitrogens is 1. The van der Waals surface area contributed by atoms with E-state index in [-0.39, 0.29) is 0 Å². The van der Waals surface area contributed by atoms with Crippen LogP contribution in [0.4, 0.5) is 0 Å². The van der Waals surface area contributed by atoms with E-state index in [9.17, 15) is 0 Å². The molecule has 0 saturated carbocycles. The Morgan fingerprint density at radius 2 is 2.13 bits per heavy atom. The van der Waals surface area contributed by atoms with Crippen LogP contribution in [-0.2, 0) is 6.54 Å². The first-order valence-electron chi connectivity index (χ1n) is 5.27. The first-order valence-corrected chi connectivity index (χ1v) is 6.07. The number of ether oxygens (including phenoxy) is 1. The van der Waals surface area contributed by atoms with Crippen LogP contribution >= 0.6 is 15.9 Å². The number of hydrogen-bond acceptors (Lipinski definition) is 1. The lowest BCUT2D eigenvalue weighted by molar-refractivity contribution is -0.675. The lowest BCUT2D eigenvalue weighted by Crippen LogP contribution is -2.83. The molecule has 84 valence electrons. The highest BCUT2D eigenvalue weighted by Crippen LogP contribution is 2.21. The van der Waals surface area contributed by atoms with Gasteiger partial charge in [-0.15, -0.1) is 0 Å². The molecule has 0 aliphatic rings. The van der Waals surface area contributed by atoms with Crippen molar-refractivity contribution < 1.29 is 10.1 Å². The molecule has 0 spiro atoms. The Kier molecular flexibility index (Phi) is 5.12. The zero-order valence-corrected chi connectivity index (χ0v) is 11.2. The molecule has 0 amide bonds. The Morgan fingerprint density at radius 1 is 1.40 bits per heavy atom. The van der Waals surface area contributed by atoms with E-state index in [1.807, 2.05) is 12.1 Å². The number of rotatable bonds is 5. The van der Waals surface area contributed by atoms with Crippen molar-refractivity contribution in [3.05, 3.63) is 28.2 Å². The second kappa shape index (κ2) is 6.13. The van der Waals surface area contributed by atoms with Gasteiger partial charge in [-0.2, -0.15) is 0 Å². The van der Waals surface area contributed by atoms with E-state index in [1.54, 1.807) is 7.11 Å². The largest absolute Gasteiger partial charge is 0.496 e. The molecule has 0 aromatic heterocycles. The lowest BCUT2D eigenvalue weighted by atomic mass is 10.2. The molecule has 0 atom stereocenters. The zero-order valence-electron chi connectivity index (χ0n) is 9.59. The summed E-state index contributed by atoms with van der Waals surface area (Å²) in [4.78, 5) is 0. The van der Waals surface area contributed by atoms with Crippen LogP contribution in [0.5, 0.6) is 5.75 Å². The molecule has 3 heteroatoms. The Morgan fingerprint density at radius 3 is 2.73 bits per heavy atom. The summed E-state index contributed by atoms with van der Waals surface area (Å²) in [6.07, 6.45) is 0. The molecular weight excluding hydrogens is 254 g/mol. The highest BCUT2D eigenvalue weighted by atomic mass is 79.9. The Labute approximate surface area is 100 Å². The molecular formula is C12H19BrNO+. The second-order valence-electron chi connectivity index (χ2n) is 4.08. The van der Waals surface area contributed by atoms with Gasteiger partial charge in [-0.05, 0) is 18.2 Å². The van der Waals surface area contributed by atoms with Crippen LogP contribution in [0, 0.1) is 5.92 Å². The van der Waals surface area contributed by atoms with E-state index < -0.39 is 0 Å². The van der Waals surface area contributed by atoms with Gasteiger partial charge in [-0.3, -0.25) is 0 Å². The fourth-order valence-corrected chi connectivity index (χ4v) is 1.89. The molecule has 0 aliphatic heterocycles. The van der Waals surface area contributed by atoms with Gasteiger partial charge in [0.1, 0.15) is 12.3 Å². The number of benzene rings is 1. The maximum atomic E-state index is 5.32. The van der Waals surface area contributed by atoms with Crippen LogP contribution in [0.2, 0.25) is 0 Å². The van der Waals surface area contributed by atoms with Crippen molar-refractivity contribution in [1.29, 1.82) is 0 Å². The maximum Gasteiger partial charge on any atom is 0.127 e. The summed E-state index contributed by atoms with van der Waals surface area (Å²) in [5.74, 6) is 1.70. The molecule has 2 N–H and O–H groups in total. The normalized spacial score (nSPS) is 10.7. The highest BCUT2D eigenvalue weighted by molar-refractivity contribution is 9.10. The van der Waals surface area contributed by atoms with E-state index in [1.165, 1.54) is 5.56 Å². The lowest BCUT2D eigenvalue weighted by Gasteiger charge is -2.09. The van der Waals surface area contributed by atoms with Crippen molar-refractivity contribution in [2.24, 2.45) is 5.92 Å². The first-order chi connectivity index (χ1) is 7.13. The van der Waals surface area contributed by atoms with Crippen LogP contribution in [0.3, 0.4) is 0 Å². The van der Waals surface area contributed by atoms with Gasteiger partial charge < -0.3 is 10.1 Å². The SMILES string of the molecule is COc1ccc(Br)cc1C[NH2+]CC(C)C. The monoisotopic (exact) mass is 272 g/mol. The van der Waals surface area contributed by atoms with Gasteiger partial charge in [0.15, 0.2) is 0 Å². The molecule has 1 aromatic rings. The van der Waals surface area contributed by atoms with Gasteiger partial charge in [0, 0.05) is 16.0 Å². The van der Waals surface area contributed by atoms with Gasteiger partial charge >= 0.3 is 0 Å². The fraction of sp³-hybridized carbons (Fsp3) is 0.500. The molecule has 1 rings (SSSR count). The minimum absolute atomic E-state index is 0.725. The molecule has 0 aliphatic carbocycles. The van der Waals surface area contributed by atoms with Crippen LogP contribution in [0.25, 0.3) is 0 Å². The molecule has 0 radical (unpaired) electrons. The van der Waals surface area contributed by atoms with Crippen molar-refractivity contribution in [2.75, 3.05) is 13.7 Å². The van der Waals surface area contributed by atoms with Gasteiger partial charge in [0.2, 0.25) is 0 Å². The van der Waals surface area contributed by atoms with E-state index in [4.69, 9.17) is 4.74 Å². The minimum Gasteiger partial charge on any atom is -0.496 e. The predicted octanol–water partition coefficient (Wildman–Crippen LogP) is 2.18. The first kappa shape index (κ1) is 12.5. The molecule has 0 fully saturated rings. The third kappa shape index (κ3) is 4.22. The van der Waals surface area contributed by atoms with Gasteiger partial charge in [-0.1, -0.05) is 29.8 Å². The third-order valence-electron chi connectivity index (χ3n) is 2.24. The third-order valence-corrected chi connectivity index (χ3v) is 2.74. The van der Waals surface area contributed by atoms with Crippen molar-refractivity contribution in [2.45, 2.75) is 20.4 Å². The highest BCUT2D eigenvalue weighted by Gasteiger charge is 2.05. The number of halogens is 1. The predicted molar refractivity (Wildman–Crippen MR) is 66.0 cm³/mol. The topological polar surface area (TPSA) is 25.8 Å². The van der Waals surface area contributed by atoms with Crippen molar-refractivity contribution in [1.82, 2.24) is 0 Å². The fourth-order valence-electron chi connectivity index (χ4n) is 1.48. The zero-order chi connectivity index (χ0) is 11.3. The summed E-state index contributed by atoms with van der Waals surface area (Å²) in [7, 11) is 1.72. The van der Waals surface area contributed by atoms with E-state index >= 15 is 0 Å². The summed E-state index contributed by atoms with van der Waals surface area (Å²) < 4.78 is 6.42. The summed E-state index contributed by atoms with van der Waals surface area (Å²) in [6, 6.07) is 6.13. The number of methoxy groups -OCH3 is 1. The standard InChI is InChI=1S/C12H18BrNO/c1-9(2)7-14-8-10-6-11(13)4-5-12(10)15-3/h4-6,9,14H,7-8H2,1-3H3/p+1. The average molecular weight is 273 g/mol. The van der Waals surface area contributed by atoms with Crippen molar-refractivity contribution in [3.63, 3.8) is 0 Å². The minimum atomic E-state index is 0.725. The molecule has 1 aromatic carbocycles. The summed E-state index contributed by atoms with van der Waals surface area (Å²) >= 11 is 3.48. The van der Waals surface area contributed by atoms with Crippen LogP contribution < -0.4 is 10.1 Å². The van der Waals surface area contributed by atoms with Gasteiger partial charge in [0.25, 0.3) is 0 Å². The molecule has 0 unspecified atom stereocenters. The average Bonchev–Trinajstić information content (AvgIpc) is 2.17. The van der Waals surface area contributed by atoms with Crippen LogP contribution in [0.1, 0.15) is 19.4 Å². The number of hydrogen-bond donors (Lipinski definition) is 1. The smallest absolute Gasteiger partial charge is 0.127 e. The summed E-state index contributed by atoms with van der Waals surface area (Å²) in [5.41, 5.74) is 1.24. The molecule has 0 saturated heterocycles. The quantitative estimate of drug-likeness (QED) is 0.874. The maximum absolute atomic E-state index is 5.32. The molecule has 2 nitrogen and oxygen atoms in total. The summed E-state index contributed by atoms with van der Waals surface area (Å²) in [6.45, 7) is 6.58. The molecule has 0 bridgehead atoms. The van der Waals surface area contributed by atoms with E-state index in [2.05, 4.69) is 41.2 Å². The van der Waals surface area contributed by atoms with Crippen LogP contribution in [-0.4, -0.2) is 13.7 Å². The Bertz CT molecular complexity index is 312. The molecule has 15 heavy (non-hydrogen) atoms. The van der Waals surface area contributed by atoms with Gasteiger partial charge in [0.05, 0.1) is 13.7 Å². The van der Waals surface area contributed by atoms with Gasteiger partial charge in [-0.25, -0.2) is 0 Å². The second-order valence-corrected chi connectivity index (χ2v) is 4.99.